The van der Waals surface area contributed by atoms with E-state index in [0.717, 1.165) is 22.5 Å². The summed E-state index contributed by atoms with van der Waals surface area (Å²) in [4.78, 5) is 19.5. The Kier molecular flexibility index (Phi) is 14.8. The van der Waals surface area contributed by atoms with Crippen molar-refractivity contribution in [2.45, 2.75) is 20.3 Å². The van der Waals surface area contributed by atoms with Gasteiger partial charge in [-0.3, -0.25) is 4.79 Å². The number of hydrogen-bond acceptors (Lipinski definition) is 4. The van der Waals surface area contributed by atoms with E-state index in [2.05, 4.69) is 20.6 Å². The Morgan fingerprint density at radius 1 is 0.962 bits per heavy atom. The van der Waals surface area contributed by atoms with E-state index in [0.29, 0.717) is 16.7 Å². The molecule has 0 fully saturated rings. The van der Waals surface area contributed by atoms with Crippen molar-refractivity contribution >= 4 is 54.7 Å². The lowest BCUT2D eigenvalue weighted by atomic mass is 10.2. The second-order valence-electron chi connectivity index (χ2n) is 4.68. The highest BCUT2D eigenvalue weighted by atomic mass is 35.5. The van der Waals surface area contributed by atoms with Crippen LogP contribution in [0, 0.1) is 0 Å². The fourth-order valence-electron chi connectivity index (χ4n) is 1.57. The molecule has 26 heavy (non-hydrogen) atoms. The summed E-state index contributed by atoms with van der Waals surface area (Å²) < 4.78 is 0. The number of nitrogens with one attached hydrogen (secondary N) is 2. The number of thiocarbonyl (C=S) groups is 1. The molecule has 0 saturated heterocycles. The predicted molar refractivity (Wildman–Crippen MR) is 114 cm³/mol. The number of carbonyl (C=O) groups is 1. The van der Waals surface area contributed by atoms with Crippen molar-refractivity contribution in [2.75, 3.05) is 14.1 Å². The summed E-state index contributed by atoms with van der Waals surface area (Å²) in [5.74, 6) is -0.0286. The molecular formula is C17H22BCl2N4OS. The van der Waals surface area contributed by atoms with E-state index >= 15 is 0 Å². The third-order valence-electron chi connectivity index (χ3n) is 2.86. The van der Waals surface area contributed by atoms with Crippen LogP contribution in [0.3, 0.4) is 0 Å². The van der Waals surface area contributed by atoms with Crippen LogP contribution in [0.5, 0.6) is 0 Å². The number of carbonyl (C=O) groups excluding carboxylic acids is 1. The Morgan fingerprint density at radius 2 is 1.42 bits per heavy atom. The molecule has 2 aromatic heterocycles. The summed E-state index contributed by atoms with van der Waals surface area (Å²) in [7, 11) is 3.41. The molecule has 0 aromatic carbocycles. The molecule has 2 heterocycles. The summed E-state index contributed by atoms with van der Waals surface area (Å²) in [6.45, 7) is 0. The van der Waals surface area contributed by atoms with E-state index in [4.69, 9.17) is 35.4 Å². The van der Waals surface area contributed by atoms with E-state index in [1.807, 2.05) is 13.1 Å². The van der Waals surface area contributed by atoms with Crippen LogP contribution < -0.4 is 10.6 Å². The average Bonchev–Trinajstić information content (AvgIpc) is 2.59. The minimum absolute atomic E-state index is 0. The van der Waals surface area contributed by atoms with Crippen molar-refractivity contribution in [3.05, 3.63) is 58.1 Å². The Bertz CT molecular complexity index is 610. The molecule has 5 nitrogen and oxygen atoms in total. The molecule has 9 heteroatoms. The van der Waals surface area contributed by atoms with E-state index in [9.17, 15) is 4.79 Å². The Labute approximate surface area is 172 Å². The molecule has 0 saturated carbocycles. The molecule has 2 N–H and O–H groups in total. The molecule has 0 spiro atoms. The number of amides is 1. The van der Waals surface area contributed by atoms with Crippen molar-refractivity contribution in [1.29, 1.82) is 0 Å². The zero-order chi connectivity index (χ0) is 17.9. The summed E-state index contributed by atoms with van der Waals surface area (Å²) in [6.07, 6.45) is 4.39. The number of halogens is 2. The quantitative estimate of drug-likeness (QED) is 0.459. The first-order valence-corrected chi connectivity index (χ1v) is 8.23. The molecule has 1 amide bonds. The van der Waals surface area contributed by atoms with Crippen LogP contribution in [0.4, 0.5) is 0 Å². The molecule has 139 valence electrons. The molecule has 3 radical (unpaired) electrons. The third kappa shape index (κ3) is 11.0. The topological polar surface area (TPSA) is 66.9 Å². The van der Waals surface area contributed by atoms with Gasteiger partial charge in [-0.25, -0.2) is 9.97 Å². The largest absolute Gasteiger partial charge is 0.382 e. The number of pyridine rings is 2. The zero-order valence-electron chi connectivity index (χ0n) is 13.9. The van der Waals surface area contributed by atoms with Crippen molar-refractivity contribution in [3.63, 3.8) is 0 Å². The zero-order valence-corrected chi connectivity index (χ0v) is 16.3. The van der Waals surface area contributed by atoms with Gasteiger partial charge in [-0.1, -0.05) is 55.0 Å². The molecular weight excluding hydrogens is 390 g/mol. The van der Waals surface area contributed by atoms with Crippen LogP contribution in [0.2, 0.25) is 10.3 Å². The summed E-state index contributed by atoms with van der Waals surface area (Å²) in [6, 6.07) is 7.12. The minimum Gasteiger partial charge on any atom is -0.382 e. The lowest BCUT2D eigenvalue weighted by Gasteiger charge is -2.01. The maximum atomic E-state index is 10.9. The van der Waals surface area contributed by atoms with Crippen molar-refractivity contribution < 1.29 is 4.79 Å². The standard InChI is InChI=1S/C8H9ClN2O.C8H9ClN2S.CH4.B/c2*1-10-8(12)4-6-2-3-7(9)11-5-6;;/h2*2-3,5H,4H2,1H3,(H,10,12);1H4;. The smallest absolute Gasteiger partial charge is 0.224 e. The molecule has 0 aliphatic rings. The first kappa shape index (κ1) is 26.5. The van der Waals surface area contributed by atoms with Gasteiger partial charge < -0.3 is 10.6 Å². The van der Waals surface area contributed by atoms with Crippen LogP contribution in [-0.4, -0.2) is 43.4 Å². The molecule has 0 aliphatic heterocycles. The number of likely N-dealkylation sites (N-methyl/N-ethyl adjacent to an activating group) is 2. The van der Waals surface area contributed by atoms with Crippen LogP contribution in [-0.2, 0) is 17.6 Å². The molecule has 0 atom stereocenters. The highest BCUT2D eigenvalue weighted by molar-refractivity contribution is 7.80. The highest BCUT2D eigenvalue weighted by Gasteiger charge is 2.00. The lowest BCUT2D eigenvalue weighted by Crippen LogP contribution is -2.19. The van der Waals surface area contributed by atoms with Gasteiger partial charge >= 0.3 is 0 Å². The summed E-state index contributed by atoms with van der Waals surface area (Å²) >= 11 is 16.2. The minimum atomic E-state index is -0.0286. The third-order valence-corrected chi connectivity index (χ3v) is 3.66. The fraction of sp³-hybridized carbons (Fsp3) is 0.294. The molecule has 0 bridgehead atoms. The molecule has 0 aliphatic carbocycles. The normalized spacial score (nSPS) is 8.77. The van der Waals surface area contributed by atoms with Gasteiger partial charge in [0.15, 0.2) is 0 Å². The average molecular weight is 412 g/mol. The fourth-order valence-corrected chi connectivity index (χ4v) is 1.96. The lowest BCUT2D eigenvalue weighted by molar-refractivity contribution is -0.119. The van der Waals surface area contributed by atoms with Crippen LogP contribution in [0.25, 0.3) is 0 Å². The van der Waals surface area contributed by atoms with Gasteiger partial charge in [0, 0.05) is 41.3 Å². The van der Waals surface area contributed by atoms with Gasteiger partial charge in [-0.2, -0.15) is 0 Å². The van der Waals surface area contributed by atoms with Gasteiger partial charge in [0.2, 0.25) is 5.91 Å². The Morgan fingerprint density at radius 3 is 1.77 bits per heavy atom. The van der Waals surface area contributed by atoms with Crippen molar-refractivity contribution in [3.8, 4) is 0 Å². The van der Waals surface area contributed by atoms with E-state index in [1.54, 1.807) is 37.6 Å². The number of hydrogen-bond donors (Lipinski definition) is 2. The molecule has 2 aromatic rings. The SMILES string of the molecule is C.CNC(=O)Cc1ccc(Cl)nc1.CNC(=S)Cc1ccc(Cl)nc1.[B]. The second-order valence-corrected chi connectivity index (χ2v) is 5.95. The van der Waals surface area contributed by atoms with Gasteiger partial charge in [0.25, 0.3) is 0 Å². The number of aromatic nitrogens is 2. The van der Waals surface area contributed by atoms with E-state index in [1.165, 1.54) is 0 Å². The van der Waals surface area contributed by atoms with Gasteiger partial charge in [-0.05, 0) is 23.3 Å². The summed E-state index contributed by atoms with van der Waals surface area (Å²) in [5.41, 5.74) is 1.93. The van der Waals surface area contributed by atoms with Crippen molar-refractivity contribution in [1.82, 2.24) is 20.6 Å². The monoisotopic (exact) mass is 411 g/mol. The first-order valence-electron chi connectivity index (χ1n) is 7.06. The maximum Gasteiger partial charge on any atom is 0.224 e. The summed E-state index contributed by atoms with van der Waals surface area (Å²) in [5, 5.41) is 6.38. The number of nitrogens with zero attached hydrogens (tertiary/aromatic N) is 2. The van der Waals surface area contributed by atoms with E-state index < -0.39 is 0 Å². The van der Waals surface area contributed by atoms with Crippen LogP contribution in [0.15, 0.2) is 36.7 Å². The molecule has 2 rings (SSSR count). The van der Waals surface area contributed by atoms with E-state index in [-0.39, 0.29) is 21.7 Å². The highest BCUT2D eigenvalue weighted by Crippen LogP contribution is 2.06. The van der Waals surface area contributed by atoms with Crippen molar-refractivity contribution in [2.24, 2.45) is 0 Å². The maximum absolute atomic E-state index is 10.9. The number of rotatable bonds is 4. The molecule has 0 unspecified atom stereocenters. The second kappa shape index (κ2) is 14.5. The van der Waals surface area contributed by atoms with Gasteiger partial charge in [0.1, 0.15) is 10.3 Å². The van der Waals surface area contributed by atoms with Crippen LogP contribution in [0.1, 0.15) is 18.6 Å². The van der Waals surface area contributed by atoms with Gasteiger partial charge in [0.05, 0.1) is 11.4 Å². The predicted octanol–water partition coefficient (Wildman–Crippen LogP) is 3.10. The first-order chi connectivity index (χ1) is 11.4. The van der Waals surface area contributed by atoms with Crippen LogP contribution >= 0.6 is 35.4 Å². The van der Waals surface area contributed by atoms with Gasteiger partial charge in [-0.15, -0.1) is 0 Å². The Balaban J connectivity index is 0. The Hall–Kier alpha value is -1.70.